The van der Waals surface area contributed by atoms with Crippen LogP contribution in [0.15, 0.2) is 47.8 Å². The van der Waals surface area contributed by atoms with Gasteiger partial charge in [0.2, 0.25) is 10.0 Å². The molecule has 1 fully saturated rings. The molecular formula is C19H23N5O3S. The molecule has 1 aliphatic rings. The second-order valence-electron chi connectivity index (χ2n) is 7.30. The summed E-state index contributed by atoms with van der Waals surface area (Å²) in [4.78, 5) is 8.60. The van der Waals surface area contributed by atoms with Gasteiger partial charge < -0.3 is 10.8 Å². The average Bonchev–Trinajstić information content (AvgIpc) is 3.09. The first kappa shape index (κ1) is 18.9. The molecule has 2 heterocycles. The first-order valence-corrected chi connectivity index (χ1v) is 10.7. The molecule has 3 unspecified atom stereocenters. The maximum Gasteiger partial charge on any atom is 0.240 e. The van der Waals surface area contributed by atoms with Crippen LogP contribution in [0.4, 0.5) is 5.82 Å². The van der Waals surface area contributed by atoms with E-state index in [0.717, 1.165) is 11.3 Å². The van der Waals surface area contributed by atoms with Crippen molar-refractivity contribution in [3.05, 3.63) is 54.1 Å². The Morgan fingerprint density at radius 1 is 1.21 bits per heavy atom. The van der Waals surface area contributed by atoms with Crippen molar-refractivity contribution in [2.45, 2.75) is 49.1 Å². The van der Waals surface area contributed by atoms with Crippen molar-refractivity contribution in [3.8, 4) is 0 Å². The molecule has 1 aromatic carbocycles. The highest BCUT2D eigenvalue weighted by Crippen LogP contribution is 2.35. The third-order valence-electron chi connectivity index (χ3n) is 5.32. The molecule has 4 rings (SSSR count). The fourth-order valence-electron chi connectivity index (χ4n) is 3.83. The maximum atomic E-state index is 12.9. The van der Waals surface area contributed by atoms with E-state index >= 15 is 0 Å². The van der Waals surface area contributed by atoms with Gasteiger partial charge in [0.15, 0.2) is 11.5 Å². The van der Waals surface area contributed by atoms with Gasteiger partial charge in [-0.05, 0) is 38.3 Å². The van der Waals surface area contributed by atoms with Gasteiger partial charge in [-0.2, -0.15) is 0 Å². The molecule has 0 saturated heterocycles. The Kier molecular flexibility index (Phi) is 4.82. The van der Waals surface area contributed by atoms with Gasteiger partial charge in [0, 0.05) is 36.2 Å². The van der Waals surface area contributed by atoms with Gasteiger partial charge in [-0.3, -0.25) is 4.40 Å². The largest absolute Gasteiger partial charge is 0.393 e. The highest BCUT2D eigenvalue weighted by Gasteiger charge is 2.35. The van der Waals surface area contributed by atoms with E-state index in [-0.39, 0.29) is 16.9 Å². The molecule has 148 valence electrons. The second kappa shape index (κ2) is 7.16. The minimum atomic E-state index is -3.68. The molecule has 8 nitrogen and oxygen atoms in total. The molecule has 0 radical (unpaired) electrons. The van der Waals surface area contributed by atoms with Gasteiger partial charge in [-0.1, -0.05) is 17.7 Å². The molecule has 1 saturated carbocycles. The van der Waals surface area contributed by atoms with Crippen LogP contribution in [0.25, 0.3) is 5.65 Å². The van der Waals surface area contributed by atoms with Crippen molar-refractivity contribution in [1.29, 1.82) is 0 Å². The van der Waals surface area contributed by atoms with Crippen LogP contribution in [0.1, 0.15) is 36.4 Å². The molecule has 4 N–H and O–H groups in total. The minimum absolute atomic E-state index is 0.231. The maximum absolute atomic E-state index is 12.9. The van der Waals surface area contributed by atoms with Gasteiger partial charge >= 0.3 is 0 Å². The zero-order chi connectivity index (χ0) is 19.9. The number of hydrogen-bond donors (Lipinski definition) is 3. The van der Waals surface area contributed by atoms with E-state index in [1.165, 1.54) is 0 Å². The molecule has 2 aromatic heterocycles. The number of aliphatic hydroxyl groups is 1. The standard InChI is InChI=1S/C19H23N5O3S/c1-12-2-5-14(6-3-12)28(26,27)23-16-7-4-13(25)10-15(16)17-11-22-19-18(20)21-8-9-24(17)19/h2-3,5-6,8-9,11,13,15-16,23,25H,4,7,10H2,1H3,(H2,20,21). The summed E-state index contributed by atoms with van der Waals surface area (Å²) < 4.78 is 30.5. The van der Waals surface area contributed by atoms with E-state index in [1.54, 1.807) is 42.9 Å². The number of sulfonamides is 1. The highest BCUT2D eigenvalue weighted by atomic mass is 32.2. The van der Waals surface area contributed by atoms with Crippen LogP contribution in [0.5, 0.6) is 0 Å². The molecule has 9 heteroatoms. The summed E-state index contributed by atoms with van der Waals surface area (Å²) in [5.74, 6) is 0.0719. The van der Waals surface area contributed by atoms with Gasteiger partial charge in [0.25, 0.3) is 0 Å². The zero-order valence-electron chi connectivity index (χ0n) is 15.5. The number of aliphatic hydroxyl groups excluding tert-OH is 1. The van der Waals surface area contributed by atoms with Crippen molar-refractivity contribution < 1.29 is 13.5 Å². The lowest BCUT2D eigenvalue weighted by molar-refractivity contribution is 0.107. The lowest BCUT2D eigenvalue weighted by Crippen LogP contribution is -2.44. The molecule has 3 aromatic rings. The molecule has 0 aliphatic heterocycles. The van der Waals surface area contributed by atoms with Crippen LogP contribution in [-0.2, 0) is 10.0 Å². The van der Waals surface area contributed by atoms with Crippen molar-refractivity contribution in [2.24, 2.45) is 0 Å². The summed E-state index contributed by atoms with van der Waals surface area (Å²) >= 11 is 0. The second-order valence-corrected chi connectivity index (χ2v) is 9.02. The van der Waals surface area contributed by atoms with E-state index in [4.69, 9.17) is 5.73 Å². The summed E-state index contributed by atoms with van der Waals surface area (Å²) in [5, 5.41) is 10.2. The van der Waals surface area contributed by atoms with Gasteiger partial charge in [0.1, 0.15) is 0 Å². The summed E-state index contributed by atoms with van der Waals surface area (Å²) in [6, 6.07) is 6.40. The number of nitrogens with two attached hydrogens (primary N) is 1. The molecule has 0 spiro atoms. The number of aromatic nitrogens is 3. The number of aryl methyl sites for hydroxylation is 1. The smallest absolute Gasteiger partial charge is 0.240 e. The van der Waals surface area contributed by atoms with Crippen LogP contribution in [-0.4, -0.2) is 40.0 Å². The monoisotopic (exact) mass is 401 g/mol. The number of fused-ring (bicyclic) bond motifs is 1. The molecule has 0 amide bonds. The molecule has 3 atom stereocenters. The first-order chi connectivity index (χ1) is 13.3. The fourth-order valence-corrected chi connectivity index (χ4v) is 5.14. The van der Waals surface area contributed by atoms with E-state index in [9.17, 15) is 13.5 Å². The fraction of sp³-hybridized carbons (Fsp3) is 0.368. The normalized spacial score (nSPS) is 23.1. The topological polar surface area (TPSA) is 123 Å². The first-order valence-electron chi connectivity index (χ1n) is 9.19. The van der Waals surface area contributed by atoms with E-state index in [1.807, 2.05) is 11.3 Å². The summed E-state index contributed by atoms with van der Waals surface area (Å²) in [6.07, 6.45) is 6.04. The Labute approximate surface area is 163 Å². The number of benzene rings is 1. The predicted octanol–water partition coefficient (Wildman–Crippen LogP) is 1.60. The van der Waals surface area contributed by atoms with Crippen LogP contribution in [0, 0.1) is 6.92 Å². The van der Waals surface area contributed by atoms with Crippen LogP contribution in [0.3, 0.4) is 0 Å². The summed E-state index contributed by atoms with van der Waals surface area (Å²) in [5.41, 5.74) is 8.22. The zero-order valence-corrected chi connectivity index (χ0v) is 16.3. The van der Waals surface area contributed by atoms with E-state index < -0.39 is 16.1 Å². The lowest BCUT2D eigenvalue weighted by Gasteiger charge is -2.34. The number of nitrogens with zero attached hydrogens (tertiary/aromatic N) is 3. The Morgan fingerprint density at radius 3 is 2.71 bits per heavy atom. The number of nitrogen functional groups attached to an aromatic ring is 1. The molecule has 1 aliphatic carbocycles. The quantitative estimate of drug-likeness (QED) is 0.610. The Hall–Kier alpha value is -2.49. The van der Waals surface area contributed by atoms with Crippen LogP contribution >= 0.6 is 0 Å². The third kappa shape index (κ3) is 3.48. The van der Waals surface area contributed by atoms with Crippen molar-refractivity contribution >= 4 is 21.5 Å². The van der Waals surface area contributed by atoms with Crippen molar-refractivity contribution in [3.63, 3.8) is 0 Å². The van der Waals surface area contributed by atoms with E-state index in [0.29, 0.717) is 30.7 Å². The molecular weight excluding hydrogens is 378 g/mol. The van der Waals surface area contributed by atoms with Crippen LogP contribution in [0.2, 0.25) is 0 Å². The SMILES string of the molecule is Cc1ccc(S(=O)(=O)NC2CCC(O)CC2c2cnc3c(N)nccn23)cc1. The third-order valence-corrected chi connectivity index (χ3v) is 6.83. The molecule has 28 heavy (non-hydrogen) atoms. The summed E-state index contributed by atoms with van der Waals surface area (Å²) in [6.45, 7) is 1.91. The number of rotatable bonds is 4. The average molecular weight is 401 g/mol. The number of hydrogen-bond acceptors (Lipinski definition) is 6. The van der Waals surface area contributed by atoms with E-state index in [2.05, 4.69) is 14.7 Å². The minimum Gasteiger partial charge on any atom is -0.393 e. The Bertz CT molecular complexity index is 1090. The van der Waals surface area contributed by atoms with Crippen molar-refractivity contribution in [1.82, 2.24) is 19.1 Å². The van der Waals surface area contributed by atoms with Crippen LogP contribution < -0.4 is 10.5 Å². The number of nitrogens with one attached hydrogen (secondary N) is 1. The van der Waals surface area contributed by atoms with Gasteiger partial charge in [0.05, 0.1) is 11.0 Å². The Balaban J connectivity index is 1.68. The molecule has 0 bridgehead atoms. The van der Waals surface area contributed by atoms with Gasteiger partial charge in [-0.15, -0.1) is 0 Å². The lowest BCUT2D eigenvalue weighted by atomic mass is 9.81. The predicted molar refractivity (Wildman–Crippen MR) is 105 cm³/mol. The summed E-state index contributed by atoms with van der Waals surface area (Å²) in [7, 11) is -3.68. The highest BCUT2D eigenvalue weighted by molar-refractivity contribution is 7.89. The number of anilines is 1. The Morgan fingerprint density at radius 2 is 1.96 bits per heavy atom. The van der Waals surface area contributed by atoms with Crippen molar-refractivity contribution in [2.75, 3.05) is 5.73 Å². The number of imidazole rings is 1. The van der Waals surface area contributed by atoms with Gasteiger partial charge in [-0.25, -0.2) is 23.1 Å².